The third-order valence-corrected chi connectivity index (χ3v) is 3.48. The van der Waals surface area contributed by atoms with E-state index in [2.05, 4.69) is 4.98 Å². The Labute approximate surface area is 108 Å². The summed E-state index contributed by atoms with van der Waals surface area (Å²) in [6, 6.07) is 0. The van der Waals surface area contributed by atoms with Gasteiger partial charge in [-0.15, -0.1) is 0 Å². The molecule has 0 aromatic carbocycles. The Hall–Kier alpha value is -0.740. The van der Waals surface area contributed by atoms with Gasteiger partial charge in [0.05, 0.1) is 13.2 Å². The number of hydrogen-bond donors (Lipinski definition) is 1. The van der Waals surface area contributed by atoms with Gasteiger partial charge in [-0.25, -0.2) is 0 Å². The van der Waals surface area contributed by atoms with E-state index in [0.29, 0.717) is 6.42 Å². The lowest BCUT2D eigenvalue weighted by molar-refractivity contribution is 0.170. The van der Waals surface area contributed by atoms with Crippen LogP contribution in [0.25, 0.3) is 0 Å². The Morgan fingerprint density at radius 1 is 1.47 bits per heavy atom. The lowest BCUT2D eigenvalue weighted by atomic mass is 10.0. The number of ether oxygens (including phenoxy) is 1. The van der Waals surface area contributed by atoms with Crippen molar-refractivity contribution in [2.45, 2.75) is 32.8 Å². The van der Waals surface area contributed by atoms with Crippen molar-refractivity contribution in [3.05, 3.63) is 23.0 Å². The second-order valence-corrected chi connectivity index (χ2v) is 5.17. The summed E-state index contributed by atoms with van der Waals surface area (Å²) in [5.41, 5.74) is 3.00. The summed E-state index contributed by atoms with van der Waals surface area (Å²) in [6.07, 6.45) is 4.94. The molecule has 1 N–H and O–H groups in total. The number of thioether (sulfide) groups is 1. The molecule has 0 saturated heterocycles. The third-order valence-electron chi connectivity index (χ3n) is 2.83. The second-order valence-electron chi connectivity index (χ2n) is 4.19. The third kappa shape index (κ3) is 3.89. The number of aliphatic hydroxyl groups excluding tert-OH is 1. The summed E-state index contributed by atoms with van der Waals surface area (Å²) in [4.78, 5) is 4.39. The molecule has 1 aromatic heterocycles. The molecule has 1 rings (SSSR count). The van der Waals surface area contributed by atoms with Crippen molar-refractivity contribution < 1.29 is 9.84 Å². The van der Waals surface area contributed by atoms with E-state index < -0.39 is 0 Å². The van der Waals surface area contributed by atoms with E-state index in [1.54, 1.807) is 18.9 Å². The van der Waals surface area contributed by atoms with E-state index in [4.69, 9.17) is 4.74 Å². The predicted octanol–water partition coefficient (Wildman–Crippen LogP) is 2.36. The van der Waals surface area contributed by atoms with Crippen molar-refractivity contribution >= 4 is 11.8 Å². The molecule has 0 amide bonds. The van der Waals surface area contributed by atoms with E-state index in [1.807, 2.05) is 26.3 Å². The van der Waals surface area contributed by atoms with Gasteiger partial charge in [-0.2, -0.15) is 11.8 Å². The molecule has 0 radical (unpaired) electrons. The summed E-state index contributed by atoms with van der Waals surface area (Å²) in [7, 11) is 1.67. The maximum absolute atomic E-state index is 9.90. The van der Waals surface area contributed by atoms with Crippen molar-refractivity contribution in [3.8, 4) is 5.75 Å². The van der Waals surface area contributed by atoms with Gasteiger partial charge in [-0.05, 0) is 32.3 Å². The van der Waals surface area contributed by atoms with Gasteiger partial charge in [0.15, 0.2) is 0 Å². The van der Waals surface area contributed by atoms with Crippen molar-refractivity contribution in [2.24, 2.45) is 0 Å². The average Bonchev–Trinajstić information content (AvgIpc) is 2.31. The van der Waals surface area contributed by atoms with E-state index in [0.717, 1.165) is 34.7 Å². The van der Waals surface area contributed by atoms with Crippen LogP contribution in [-0.2, 0) is 6.42 Å². The molecule has 0 aliphatic heterocycles. The number of rotatable bonds is 6. The van der Waals surface area contributed by atoms with Gasteiger partial charge < -0.3 is 9.84 Å². The number of hydrogen-bond acceptors (Lipinski definition) is 4. The zero-order valence-electron chi connectivity index (χ0n) is 11.0. The minimum atomic E-state index is -0.318. The molecule has 0 fully saturated rings. The van der Waals surface area contributed by atoms with Crippen LogP contribution in [0.1, 0.15) is 23.2 Å². The van der Waals surface area contributed by atoms with E-state index >= 15 is 0 Å². The van der Waals surface area contributed by atoms with Gasteiger partial charge in [0.2, 0.25) is 0 Å². The summed E-state index contributed by atoms with van der Waals surface area (Å²) < 4.78 is 5.35. The van der Waals surface area contributed by atoms with Gasteiger partial charge in [0.1, 0.15) is 5.75 Å². The highest BCUT2D eigenvalue weighted by Gasteiger charge is 2.13. The smallest absolute Gasteiger partial charge is 0.128 e. The van der Waals surface area contributed by atoms with Crippen molar-refractivity contribution in [2.75, 3.05) is 19.1 Å². The van der Waals surface area contributed by atoms with E-state index in [1.165, 1.54) is 0 Å². The number of nitrogens with zero attached hydrogens (tertiary/aromatic N) is 1. The average molecular weight is 255 g/mol. The first-order valence-electron chi connectivity index (χ1n) is 5.76. The van der Waals surface area contributed by atoms with Crippen molar-refractivity contribution in [3.63, 3.8) is 0 Å². The number of methoxy groups -OCH3 is 1. The number of aliphatic hydroxyl groups is 1. The summed E-state index contributed by atoms with van der Waals surface area (Å²) >= 11 is 1.75. The topological polar surface area (TPSA) is 42.4 Å². The van der Waals surface area contributed by atoms with Crippen LogP contribution < -0.4 is 4.74 Å². The van der Waals surface area contributed by atoms with E-state index in [9.17, 15) is 5.11 Å². The van der Waals surface area contributed by atoms with Gasteiger partial charge in [-0.3, -0.25) is 4.98 Å². The largest absolute Gasteiger partial charge is 0.496 e. The van der Waals surface area contributed by atoms with Crippen LogP contribution >= 0.6 is 11.8 Å². The summed E-state index contributed by atoms with van der Waals surface area (Å²) in [6.45, 7) is 3.97. The summed E-state index contributed by atoms with van der Waals surface area (Å²) in [5.74, 6) is 1.86. The van der Waals surface area contributed by atoms with Crippen LogP contribution in [0.5, 0.6) is 5.75 Å². The number of aryl methyl sites for hydroxylation is 1. The maximum atomic E-state index is 9.90. The first-order chi connectivity index (χ1) is 8.10. The SMILES string of the molecule is COc1c(C)cnc(CC(O)CCSC)c1C. The predicted molar refractivity (Wildman–Crippen MR) is 73.0 cm³/mol. The molecule has 0 saturated carbocycles. The molecule has 1 atom stereocenters. The first kappa shape index (κ1) is 14.3. The van der Waals surface area contributed by atoms with Crippen molar-refractivity contribution in [1.29, 1.82) is 0 Å². The minimum Gasteiger partial charge on any atom is -0.496 e. The van der Waals surface area contributed by atoms with Crippen LogP contribution in [-0.4, -0.2) is 35.3 Å². The molecular weight excluding hydrogens is 234 g/mol. The Morgan fingerprint density at radius 3 is 2.76 bits per heavy atom. The van der Waals surface area contributed by atoms with Gasteiger partial charge >= 0.3 is 0 Å². The van der Waals surface area contributed by atoms with Crippen LogP contribution in [0.3, 0.4) is 0 Å². The molecule has 1 unspecified atom stereocenters. The Balaban J connectivity index is 2.78. The van der Waals surface area contributed by atoms with Crippen LogP contribution in [0.2, 0.25) is 0 Å². The summed E-state index contributed by atoms with van der Waals surface area (Å²) in [5, 5.41) is 9.90. The molecule has 0 aliphatic rings. The fourth-order valence-corrected chi connectivity index (χ4v) is 2.36. The second kappa shape index (κ2) is 6.87. The number of aromatic nitrogens is 1. The Bertz CT molecular complexity index is 369. The quantitative estimate of drug-likeness (QED) is 0.847. The van der Waals surface area contributed by atoms with E-state index in [-0.39, 0.29) is 6.10 Å². The molecule has 17 heavy (non-hydrogen) atoms. The molecule has 0 bridgehead atoms. The molecule has 96 valence electrons. The molecular formula is C13H21NO2S. The molecule has 4 heteroatoms. The van der Waals surface area contributed by atoms with Crippen LogP contribution in [0.4, 0.5) is 0 Å². The molecule has 1 heterocycles. The molecule has 0 aliphatic carbocycles. The van der Waals surface area contributed by atoms with Crippen LogP contribution in [0.15, 0.2) is 6.20 Å². The van der Waals surface area contributed by atoms with Gasteiger partial charge in [0.25, 0.3) is 0 Å². The van der Waals surface area contributed by atoms with Gasteiger partial charge in [-0.1, -0.05) is 0 Å². The fourth-order valence-electron chi connectivity index (χ4n) is 1.86. The zero-order chi connectivity index (χ0) is 12.8. The van der Waals surface area contributed by atoms with Crippen LogP contribution in [0, 0.1) is 13.8 Å². The molecule has 0 spiro atoms. The first-order valence-corrected chi connectivity index (χ1v) is 7.15. The lowest BCUT2D eigenvalue weighted by Crippen LogP contribution is -2.14. The normalized spacial score (nSPS) is 12.5. The lowest BCUT2D eigenvalue weighted by Gasteiger charge is -2.14. The highest BCUT2D eigenvalue weighted by Crippen LogP contribution is 2.24. The minimum absolute atomic E-state index is 0.318. The molecule has 1 aromatic rings. The fraction of sp³-hybridized carbons (Fsp3) is 0.615. The monoisotopic (exact) mass is 255 g/mol. The van der Waals surface area contributed by atoms with Gasteiger partial charge in [0, 0.05) is 29.4 Å². The highest BCUT2D eigenvalue weighted by molar-refractivity contribution is 7.98. The standard InChI is InChI=1S/C13H21NO2S/c1-9-8-14-12(10(2)13(9)16-3)7-11(15)5-6-17-4/h8,11,15H,5-7H2,1-4H3. The number of pyridine rings is 1. The molecule has 3 nitrogen and oxygen atoms in total. The maximum Gasteiger partial charge on any atom is 0.128 e. The Morgan fingerprint density at radius 2 is 2.18 bits per heavy atom. The van der Waals surface area contributed by atoms with Crippen molar-refractivity contribution in [1.82, 2.24) is 4.98 Å². The zero-order valence-corrected chi connectivity index (χ0v) is 11.8. The Kier molecular flexibility index (Phi) is 5.78. The highest BCUT2D eigenvalue weighted by atomic mass is 32.2.